The van der Waals surface area contributed by atoms with E-state index in [4.69, 9.17) is 4.74 Å². The maximum atomic E-state index is 13.9. The molecular formula is C24H31F3N4O6S. The molecule has 1 aliphatic rings. The van der Waals surface area contributed by atoms with Gasteiger partial charge in [-0.15, -0.1) is 0 Å². The number of rotatable bonds is 10. The van der Waals surface area contributed by atoms with Crippen LogP contribution in [0.15, 0.2) is 29.3 Å². The van der Waals surface area contributed by atoms with Crippen molar-refractivity contribution in [1.29, 1.82) is 0 Å². The molecule has 0 saturated heterocycles. The second kappa shape index (κ2) is 10.8. The molecule has 1 aliphatic heterocycles. The minimum Gasteiger partial charge on any atom is -0.486 e. The number of carbonyl (C=O) groups excluding carboxylic acids is 2. The molecule has 3 rings (SSSR count). The van der Waals surface area contributed by atoms with Crippen molar-refractivity contribution in [1.82, 2.24) is 9.78 Å². The summed E-state index contributed by atoms with van der Waals surface area (Å²) in [6.45, 7) is 5.02. The lowest BCUT2D eigenvalue weighted by molar-refractivity contribution is -0.257. The molecular weight excluding hydrogens is 529 g/mol. The van der Waals surface area contributed by atoms with Gasteiger partial charge >= 0.3 is 12.1 Å². The van der Waals surface area contributed by atoms with E-state index in [-0.39, 0.29) is 52.9 Å². The summed E-state index contributed by atoms with van der Waals surface area (Å²) in [6.07, 6.45) is -4.08. The zero-order chi connectivity index (χ0) is 28.5. The quantitative estimate of drug-likeness (QED) is 0.437. The van der Waals surface area contributed by atoms with E-state index >= 15 is 0 Å². The number of carbonyl (C=O) groups is 2. The van der Waals surface area contributed by atoms with E-state index in [2.05, 4.69) is 15.2 Å². The smallest absolute Gasteiger partial charge is 0.427 e. The number of hydrogen-bond donors (Lipinski definition) is 1. The third kappa shape index (κ3) is 6.22. The Morgan fingerprint density at radius 3 is 2.53 bits per heavy atom. The number of halogens is 3. The van der Waals surface area contributed by atoms with Crippen molar-refractivity contribution in [2.75, 3.05) is 23.2 Å². The van der Waals surface area contributed by atoms with E-state index < -0.39 is 40.3 Å². The van der Waals surface area contributed by atoms with Crippen LogP contribution in [0, 0.1) is 0 Å². The van der Waals surface area contributed by atoms with Crippen molar-refractivity contribution < 1.29 is 40.7 Å². The first-order valence-corrected chi connectivity index (χ1v) is 13.4. The lowest BCUT2D eigenvalue weighted by Crippen LogP contribution is -2.44. The number of fused-ring (bicyclic) bond motifs is 1. The molecule has 2 aromatic rings. The second-order valence-corrected chi connectivity index (χ2v) is 11.3. The van der Waals surface area contributed by atoms with Crippen LogP contribution in [-0.2, 0) is 37.3 Å². The van der Waals surface area contributed by atoms with Crippen LogP contribution in [0.3, 0.4) is 0 Å². The van der Waals surface area contributed by atoms with Crippen molar-refractivity contribution in [3.8, 4) is 5.75 Å². The minimum absolute atomic E-state index is 0.0777. The van der Waals surface area contributed by atoms with Crippen LogP contribution in [0.25, 0.3) is 0 Å². The number of anilines is 2. The van der Waals surface area contributed by atoms with Crippen molar-refractivity contribution in [2.45, 2.75) is 76.3 Å². The van der Waals surface area contributed by atoms with Crippen LogP contribution in [-0.4, -0.2) is 61.4 Å². The monoisotopic (exact) mass is 560 g/mol. The first kappa shape index (κ1) is 29.3. The molecule has 0 aliphatic carbocycles. The number of nitrogens with one attached hydrogen (secondary N) is 1. The van der Waals surface area contributed by atoms with Gasteiger partial charge in [-0.3, -0.25) is 13.8 Å². The normalized spacial score (nSPS) is 16.0. The molecule has 1 N–H and O–H groups in total. The molecule has 210 valence electrons. The molecule has 0 radical (unpaired) electrons. The molecule has 0 bridgehead atoms. The van der Waals surface area contributed by atoms with Crippen LogP contribution in [0.4, 0.5) is 24.7 Å². The number of esters is 1. The van der Waals surface area contributed by atoms with Crippen molar-refractivity contribution in [3.05, 3.63) is 30.0 Å². The molecule has 1 atom stereocenters. The molecule has 0 fully saturated rings. The van der Waals surface area contributed by atoms with Crippen LogP contribution < -0.4 is 14.4 Å². The Morgan fingerprint density at radius 2 is 1.95 bits per heavy atom. The Morgan fingerprint density at radius 1 is 1.26 bits per heavy atom. The predicted molar refractivity (Wildman–Crippen MR) is 133 cm³/mol. The van der Waals surface area contributed by atoms with Gasteiger partial charge in [-0.2, -0.15) is 18.3 Å². The van der Waals surface area contributed by atoms with Crippen LogP contribution in [0.1, 0.15) is 46.1 Å². The number of Topliss-reactive ketones (excluding diaryl/α,β-unsaturated/α-hetero) is 1. The standard InChI is InChI=1S/C24H31F3N4O6S/c1-6-30-14-20(22(28-5)29-30)38(34,35)31-13-17(9-7-15(2)32)36-19-10-8-16(11-18(19)31)12-21(33)37-23(3,4)24(25,26)27/h8,10-11,14,17H,6-7,9,12-13H2,1-5H3,(H,28,29)/t17-/m0/s1. The van der Waals surface area contributed by atoms with Gasteiger partial charge < -0.3 is 19.6 Å². The van der Waals surface area contributed by atoms with E-state index in [1.165, 1.54) is 43.0 Å². The van der Waals surface area contributed by atoms with Crippen LogP contribution >= 0.6 is 0 Å². The summed E-state index contributed by atoms with van der Waals surface area (Å²) in [7, 11) is -2.68. The van der Waals surface area contributed by atoms with Gasteiger partial charge in [0, 0.05) is 26.2 Å². The molecule has 14 heteroatoms. The fourth-order valence-corrected chi connectivity index (χ4v) is 5.44. The van der Waals surface area contributed by atoms with Gasteiger partial charge in [-0.25, -0.2) is 8.42 Å². The van der Waals surface area contributed by atoms with Gasteiger partial charge in [0.05, 0.1) is 18.7 Å². The molecule has 2 heterocycles. The highest BCUT2D eigenvalue weighted by atomic mass is 32.2. The minimum atomic E-state index is -4.76. The number of ketones is 1. The predicted octanol–water partition coefficient (Wildman–Crippen LogP) is 3.70. The molecule has 0 spiro atoms. The van der Waals surface area contributed by atoms with Crippen molar-refractivity contribution >= 4 is 33.3 Å². The van der Waals surface area contributed by atoms with Crippen molar-refractivity contribution in [2.24, 2.45) is 0 Å². The van der Waals surface area contributed by atoms with E-state index in [9.17, 15) is 31.2 Å². The number of hydrogen-bond acceptors (Lipinski definition) is 8. The van der Waals surface area contributed by atoms with Gasteiger partial charge in [0.1, 0.15) is 22.5 Å². The molecule has 0 saturated carbocycles. The van der Waals surface area contributed by atoms with Gasteiger partial charge in [-0.05, 0) is 51.8 Å². The number of sulfonamides is 1. The fourth-order valence-electron chi connectivity index (χ4n) is 3.80. The highest BCUT2D eigenvalue weighted by molar-refractivity contribution is 7.93. The summed E-state index contributed by atoms with van der Waals surface area (Å²) in [4.78, 5) is 23.8. The third-order valence-electron chi connectivity index (χ3n) is 6.03. The maximum absolute atomic E-state index is 13.9. The SMILES string of the molecule is CCn1cc(S(=O)(=O)N2C[C@H](CCC(C)=O)Oc3ccc(CC(=O)OC(C)(C)C(F)(F)F)cc32)c(NC)n1. The number of alkyl halides is 3. The summed E-state index contributed by atoms with van der Waals surface area (Å²) in [6, 6.07) is 4.27. The molecule has 0 amide bonds. The first-order chi connectivity index (χ1) is 17.6. The molecule has 0 unspecified atom stereocenters. The largest absolute Gasteiger partial charge is 0.486 e. The summed E-state index contributed by atoms with van der Waals surface area (Å²) < 4.78 is 80.3. The fraction of sp³-hybridized carbons (Fsp3) is 0.542. The van der Waals surface area contributed by atoms with E-state index in [1.54, 1.807) is 6.92 Å². The Bertz CT molecular complexity index is 1310. The van der Waals surface area contributed by atoms with E-state index in [0.29, 0.717) is 6.54 Å². The summed E-state index contributed by atoms with van der Waals surface area (Å²) in [5.74, 6) is -0.880. The summed E-state index contributed by atoms with van der Waals surface area (Å²) in [5.41, 5.74) is -2.35. The molecule has 10 nitrogen and oxygen atoms in total. The Balaban J connectivity index is 2.00. The molecule has 1 aromatic heterocycles. The highest BCUT2D eigenvalue weighted by Gasteiger charge is 2.50. The zero-order valence-corrected chi connectivity index (χ0v) is 22.6. The van der Waals surface area contributed by atoms with Crippen LogP contribution in [0.2, 0.25) is 0 Å². The summed E-state index contributed by atoms with van der Waals surface area (Å²) >= 11 is 0. The Kier molecular flexibility index (Phi) is 8.34. The molecule has 38 heavy (non-hydrogen) atoms. The number of ether oxygens (including phenoxy) is 2. The lowest BCUT2D eigenvalue weighted by Gasteiger charge is -2.35. The lowest BCUT2D eigenvalue weighted by atomic mass is 10.1. The average Bonchev–Trinajstić information content (AvgIpc) is 3.25. The highest BCUT2D eigenvalue weighted by Crippen LogP contribution is 2.40. The third-order valence-corrected chi connectivity index (χ3v) is 7.81. The van der Waals surface area contributed by atoms with Crippen molar-refractivity contribution in [3.63, 3.8) is 0 Å². The van der Waals surface area contributed by atoms with Gasteiger partial charge in [0.25, 0.3) is 10.0 Å². The first-order valence-electron chi connectivity index (χ1n) is 11.9. The maximum Gasteiger partial charge on any atom is 0.427 e. The Hall–Kier alpha value is -3.29. The average molecular weight is 561 g/mol. The number of aromatic nitrogens is 2. The van der Waals surface area contributed by atoms with Gasteiger partial charge in [0.15, 0.2) is 5.82 Å². The van der Waals surface area contributed by atoms with Gasteiger partial charge in [0.2, 0.25) is 5.60 Å². The van der Waals surface area contributed by atoms with Crippen LogP contribution in [0.5, 0.6) is 5.75 Å². The number of aryl methyl sites for hydroxylation is 1. The summed E-state index contributed by atoms with van der Waals surface area (Å²) in [5, 5.41) is 7.00. The van der Waals surface area contributed by atoms with E-state index in [1.807, 2.05) is 0 Å². The Labute approximate surface area is 219 Å². The topological polar surface area (TPSA) is 120 Å². The molecule has 1 aromatic carbocycles. The van der Waals surface area contributed by atoms with E-state index in [0.717, 1.165) is 18.2 Å². The number of benzene rings is 1. The number of nitrogens with zero attached hydrogens (tertiary/aromatic N) is 3. The zero-order valence-electron chi connectivity index (χ0n) is 21.8. The van der Waals surface area contributed by atoms with Gasteiger partial charge in [-0.1, -0.05) is 6.07 Å². The second-order valence-electron chi connectivity index (χ2n) is 9.43.